The van der Waals surface area contributed by atoms with Crippen molar-refractivity contribution in [2.45, 2.75) is 33.1 Å². The first kappa shape index (κ1) is 16.1. The number of carbonyl (C=O) groups excluding carboxylic acids is 1. The number of pyridine rings is 1. The maximum absolute atomic E-state index is 12.0. The number of nitrogens with one attached hydrogen (secondary N) is 1. The van der Waals surface area contributed by atoms with Crippen molar-refractivity contribution in [3.63, 3.8) is 0 Å². The van der Waals surface area contributed by atoms with E-state index >= 15 is 0 Å². The summed E-state index contributed by atoms with van der Waals surface area (Å²) in [4.78, 5) is 16.0. The molecule has 0 aliphatic carbocycles. The largest absolute Gasteiger partial charge is 0.396 e. The Kier molecular flexibility index (Phi) is 6.45. The molecule has 1 rings (SSSR count). The lowest BCUT2D eigenvalue weighted by molar-refractivity contribution is 0.0907. The van der Waals surface area contributed by atoms with Crippen molar-refractivity contribution in [3.8, 4) is 0 Å². The van der Waals surface area contributed by atoms with Gasteiger partial charge in [0.15, 0.2) is 0 Å². The molecule has 106 valence electrons. The number of amides is 1. The van der Waals surface area contributed by atoms with Crippen LogP contribution in [0.4, 0.5) is 0 Å². The van der Waals surface area contributed by atoms with Crippen molar-refractivity contribution in [1.29, 1.82) is 0 Å². The second kappa shape index (κ2) is 7.60. The highest BCUT2D eigenvalue weighted by Crippen LogP contribution is 2.29. The molecule has 0 fully saturated rings. The van der Waals surface area contributed by atoms with Gasteiger partial charge in [-0.1, -0.05) is 13.8 Å². The number of carbonyl (C=O) groups is 1. The highest BCUT2D eigenvalue weighted by molar-refractivity contribution is 9.10. The molecule has 0 saturated heterocycles. The number of hydrogen-bond acceptors (Lipinski definition) is 3. The van der Waals surface area contributed by atoms with Gasteiger partial charge in [-0.15, -0.1) is 0 Å². The zero-order valence-electron chi connectivity index (χ0n) is 11.4. The molecule has 0 radical (unpaired) electrons. The van der Waals surface area contributed by atoms with Crippen LogP contribution in [0.1, 0.15) is 43.5 Å². The maximum atomic E-state index is 12.0. The van der Waals surface area contributed by atoms with E-state index in [-0.39, 0.29) is 17.9 Å². The van der Waals surface area contributed by atoms with Gasteiger partial charge in [0.25, 0.3) is 5.91 Å². The Morgan fingerprint density at radius 2 is 2.11 bits per heavy atom. The molecular weight excluding hydrogens is 308 g/mol. The fraction of sp³-hybridized carbons (Fsp3) is 0.571. The summed E-state index contributed by atoms with van der Waals surface area (Å²) in [7, 11) is 0. The minimum absolute atomic E-state index is 0.0206. The zero-order valence-corrected chi connectivity index (χ0v) is 13.0. The predicted molar refractivity (Wildman–Crippen MR) is 79.0 cm³/mol. The summed E-state index contributed by atoms with van der Waals surface area (Å²) >= 11 is 3.24. The number of nitrogens with zero attached hydrogens (tertiary/aromatic N) is 1. The van der Waals surface area contributed by atoms with Gasteiger partial charge in [0.05, 0.1) is 5.56 Å². The Bertz CT molecular complexity index is 402. The lowest BCUT2D eigenvalue weighted by Crippen LogP contribution is -2.37. The van der Waals surface area contributed by atoms with Crippen molar-refractivity contribution >= 4 is 21.8 Å². The van der Waals surface area contributed by atoms with Gasteiger partial charge >= 0.3 is 0 Å². The average molecular weight is 329 g/mol. The van der Waals surface area contributed by atoms with E-state index in [2.05, 4.69) is 40.1 Å². The smallest absolute Gasteiger partial charge is 0.252 e. The number of aliphatic hydroxyl groups is 1. The molecule has 1 aromatic rings. The molecular formula is C14H21BrN2O2. The van der Waals surface area contributed by atoms with E-state index in [4.69, 9.17) is 5.11 Å². The van der Waals surface area contributed by atoms with Crippen LogP contribution in [0.2, 0.25) is 0 Å². The summed E-state index contributed by atoms with van der Waals surface area (Å²) in [5.41, 5.74) is 0.529. The molecule has 1 aromatic heterocycles. The predicted octanol–water partition coefficient (Wildman–Crippen LogP) is 2.76. The normalized spacial score (nSPS) is 11.4. The third kappa shape index (κ3) is 4.58. The summed E-state index contributed by atoms with van der Waals surface area (Å²) < 4.78 is 0.709. The van der Waals surface area contributed by atoms with Crippen LogP contribution in [0.5, 0.6) is 0 Å². The van der Waals surface area contributed by atoms with Crippen LogP contribution in [0.25, 0.3) is 0 Å². The van der Waals surface area contributed by atoms with Gasteiger partial charge in [-0.3, -0.25) is 4.79 Å². The Morgan fingerprint density at radius 3 is 2.58 bits per heavy atom. The molecule has 0 aliphatic rings. The van der Waals surface area contributed by atoms with Crippen molar-refractivity contribution in [2.24, 2.45) is 5.41 Å². The van der Waals surface area contributed by atoms with Gasteiger partial charge in [0.2, 0.25) is 0 Å². The highest BCUT2D eigenvalue weighted by atomic mass is 79.9. The summed E-state index contributed by atoms with van der Waals surface area (Å²) in [6.45, 7) is 4.91. The summed E-state index contributed by atoms with van der Waals surface area (Å²) in [5.74, 6) is -0.121. The SMILES string of the molecule is CCC(CC)(CCO)CNC(=O)c1ccc(Br)nc1. The number of aromatic nitrogens is 1. The van der Waals surface area contributed by atoms with Gasteiger partial charge in [0.1, 0.15) is 4.60 Å². The van der Waals surface area contributed by atoms with Crippen molar-refractivity contribution in [3.05, 3.63) is 28.5 Å². The topological polar surface area (TPSA) is 62.2 Å². The lowest BCUT2D eigenvalue weighted by Gasteiger charge is -2.31. The molecule has 0 aliphatic heterocycles. The minimum atomic E-state index is -0.121. The molecule has 1 heterocycles. The number of halogens is 1. The van der Waals surface area contributed by atoms with E-state index in [1.54, 1.807) is 18.3 Å². The molecule has 0 aromatic carbocycles. The standard InChI is InChI=1S/C14H21BrN2O2/c1-3-14(4-2,7-8-18)10-17-13(19)11-5-6-12(15)16-9-11/h5-6,9,18H,3-4,7-8,10H2,1-2H3,(H,17,19). The van der Waals surface area contributed by atoms with E-state index in [1.165, 1.54) is 0 Å². The first-order chi connectivity index (χ1) is 9.06. The molecule has 0 unspecified atom stereocenters. The van der Waals surface area contributed by atoms with Crippen LogP contribution >= 0.6 is 15.9 Å². The van der Waals surface area contributed by atoms with E-state index < -0.39 is 0 Å². The Hall–Kier alpha value is -0.940. The third-order valence-electron chi connectivity index (χ3n) is 3.76. The van der Waals surface area contributed by atoms with E-state index in [0.29, 0.717) is 23.1 Å². The number of rotatable bonds is 7. The Labute approximate surface area is 122 Å². The third-order valence-corrected chi connectivity index (χ3v) is 4.22. The van der Waals surface area contributed by atoms with E-state index in [0.717, 1.165) is 12.8 Å². The van der Waals surface area contributed by atoms with Crippen LogP contribution in [-0.4, -0.2) is 29.1 Å². The summed E-state index contributed by atoms with van der Waals surface area (Å²) in [5, 5.41) is 12.1. The zero-order chi connectivity index (χ0) is 14.3. The van der Waals surface area contributed by atoms with Gasteiger partial charge < -0.3 is 10.4 Å². The molecule has 0 spiro atoms. The monoisotopic (exact) mass is 328 g/mol. The highest BCUT2D eigenvalue weighted by Gasteiger charge is 2.26. The first-order valence-electron chi connectivity index (χ1n) is 6.57. The molecule has 4 nitrogen and oxygen atoms in total. The van der Waals surface area contributed by atoms with Crippen molar-refractivity contribution in [1.82, 2.24) is 10.3 Å². The van der Waals surface area contributed by atoms with Gasteiger partial charge in [-0.05, 0) is 52.7 Å². The summed E-state index contributed by atoms with van der Waals surface area (Å²) in [6.07, 6.45) is 4.12. The Balaban J connectivity index is 2.64. The molecule has 5 heteroatoms. The van der Waals surface area contributed by atoms with Gasteiger partial charge in [0, 0.05) is 19.3 Å². The van der Waals surface area contributed by atoms with Crippen LogP contribution in [0.3, 0.4) is 0 Å². The maximum Gasteiger partial charge on any atom is 0.252 e. The van der Waals surface area contributed by atoms with Crippen molar-refractivity contribution < 1.29 is 9.90 Å². The van der Waals surface area contributed by atoms with Crippen LogP contribution < -0.4 is 5.32 Å². The van der Waals surface area contributed by atoms with E-state index in [9.17, 15) is 4.79 Å². The molecule has 1 amide bonds. The average Bonchev–Trinajstić information content (AvgIpc) is 2.44. The molecule has 0 bridgehead atoms. The van der Waals surface area contributed by atoms with Crippen LogP contribution in [0, 0.1) is 5.41 Å². The van der Waals surface area contributed by atoms with Crippen molar-refractivity contribution in [2.75, 3.05) is 13.2 Å². The number of aliphatic hydroxyl groups excluding tert-OH is 1. The summed E-state index contributed by atoms with van der Waals surface area (Å²) in [6, 6.07) is 3.48. The first-order valence-corrected chi connectivity index (χ1v) is 7.37. The minimum Gasteiger partial charge on any atom is -0.396 e. The molecule has 2 N–H and O–H groups in total. The fourth-order valence-corrected chi connectivity index (χ4v) is 2.29. The fourth-order valence-electron chi connectivity index (χ4n) is 2.06. The second-order valence-electron chi connectivity index (χ2n) is 4.73. The number of hydrogen-bond donors (Lipinski definition) is 2. The quantitative estimate of drug-likeness (QED) is 0.756. The van der Waals surface area contributed by atoms with Gasteiger partial charge in [-0.2, -0.15) is 0 Å². The molecule has 0 saturated carbocycles. The van der Waals surface area contributed by atoms with Crippen LogP contribution in [0.15, 0.2) is 22.9 Å². The van der Waals surface area contributed by atoms with E-state index in [1.807, 2.05) is 0 Å². The second-order valence-corrected chi connectivity index (χ2v) is 5.55. The molecule has 0 atom stereocenters. The Morgan fingerprint density at radius 1 is 1.42 bits per heavy atom. The molecule has 19 heavy (non-hydrogen) atoms. The van der Waals surface area contributed by atoms with Gasteiger partial charge in [-0.25, -0.2) is 4.98 Å². The van der Waals surface area contributed by atoms with Crippen LogP contribution in [-0.2, 0) is 0 Å². The lowest BCUT2D eigenvalue weighted by atomic mass is 9.79.